The van der Waals surface area contributed by atoms with Gasteiger partial charge in [0.05, 0.1) is 23.3 Å². The Hall–Kier alpha value is -4.31. The van der Waals surface area contributed by atoms with Crippen molar-refractivity contribution in [1.82, 2.24) is 20.3 Å². The molecule has 0 saturated heterocycles. The number of aromatic nitrogens is 3. The number of nitrogens with two attached hydrogens (primary N) is 1. The van der Waals surface area contributed by atoms with Gasteiger partial charge in [-0.1, -0.05) is 12.1 Å². The van der Waals surface area contributed by atoms with E-state index in [0.29, 0.717) is 29.6 Å². The molecule has 6 aromatic rings. The second-order valence-electron chi connectivity index (χ2n) is 10.1. The predicted octanol–water partition coefficient (Wildman–Crippen LogP) is 6.57. The van der Waals surface area contributed by atoms with Crippen molar-refractivity contribution >= 4 is 38.1 Å². The lowest BCUT2D eigenvalue weighted by Crippen LogP contribution is -2.23. The largest absolute Gasteiger partial charge is 0.490 e. The highest BCUT2D eigenvalue weighted by atomic mass is 32.1. The van der Waals surface area contributed by atoms with Crippen LogP contribution in [0.4, 0.5) is 10.1 Å². The number of halogens is 1. The van der Waals surface area contributed by atoms with Crippen LogP contribution in [-0.4, -0.2) is 41.8 Å². The quantitative estimate of drug-likeness (QED) is 0.150. The van der Waals surface area contributed by atoms with Gasteiger partial charge in [0, 0.05) is 52.2 Å². The summed E-state index contributed by atoms with van der Waals surface area (Å²) in [5, 5.41) is 6.54. The second-order valence-corrected chi connectivity index (χ2v) is 11.0. The third-order valence-electron chi connectivity index (χ3n) is 7.46. The summed E-state index contributed by atoms with van der Waals surface area (Å²) in [5.74, 6) is 0.651. The molecule has 3 aromatic heterocycles. The first-order chi connectivity index (χ1) is 20.1. The number of nitrogens with zero attached hydrogens (tertiary/aromatic N) is 2. The van der Waals surface area contributed by atoms with Crippen molar-refractivity contribution in [3.8, 4) is 39.7 Å². The molecule has 0 fully saturated rings. The third-order valence-corrected chi connectivity index (χ3v) is 8.39. The summed E-state index contributed by atoms with van der Waals surface area (Å²) in [7, 11) is 1.61. The fourth-order valence-corrected chi connectivity index (χ4v) is 6.44. The molecule has 1 aliphatic rings. The number of fused-ring (bicyclic) bond motifs is 3. The lowest BCUT2D eigenvalue weighted by Gasteiger charge is -2.19. The summed E-state index contributed by atoms with van der Waals surface area (Å²) in [5.41, 5.74) is 15.1. The number of benzene rings is 3. The van der Waals surface area contributed by atoms with Crippen LogP contribution in [0.15, 0.2) is 66.0 Å². The molecule has 0 amide bonds. The molecule has 0 radical (unpaired) electrons. The maximum Gasteiger partial charge on any atom is 0.157 e. The van der Waals surface area contributed by atoms with E-state index in [-0.39, 0.29) is 12.4 Å². The molecule has 0 aliphatic carbocycles. The number of hydrogen-bond acceptors (Lipinski definition) is 7. The average molecular weight is 566 g/mol. The molecular formula is C32H28FN5O2S. The Kier molecular flexibility index (Phi) is 6.62. The van der Waals surface area contributed by atoms with Crippen molar-refractivity contribution in [2.75, 3.05) is 32.6 Å². The van der Waals surface area contributed by atoms with Crippen LogP contribution in [-0.2, 0) is 17.7 Å². The zero-order valence-corrected chi connectivity index (χ0v) is 23.3. The van der Waals surface area contributed by atoms with Gasteiger partial charge in [0.2, 0.25) is 0 Å². The topological polar surface area (TPSA) is 98.1 Å². The number of rotatable bonds is 7. The number of H-pyrrole nitrogens is 1. The van der Waals surface area contributed by atoms with E-state index in [9.17, 15) is 4.39 Å². The molecule has 7 nitrogen and oxygen atoms in total. The van der Waals surface area contributed by atoms with E-state index in [4.69, 9.17) is 25.2 Å². The van der Waals surface area contributed by atoms with Crippen LogP contribution in [0.2, 0.25) is 0 Å². The normalized spacial score (nSPS) is 13.1. The predicted molar refractivity (Wildman–Crippen MR) is 163 cm³/mol. The maximum atomic E-state index is 14.5. The Labute approximate surface area is 240 Å². The number of ether oxygens (including phenoxy) is 2. The van der Waals surface area contributed by atoms with Gasteiger partial charge in [-0.15, -0.1) is 11.3 Å². The first-order valence-corrected chi connectivity index (χ1v) is 14.4. The Morgan fingerprint density at radius 1 is 0.976 bits per heavy atom. The first-order valence-electron chi connectivity index (χ1n) is 13.5. The summed E-state index contributed by atoms with van der Waals surface area (Å²) in [6, 6.07) is 18.9. The van der Waals surface area contributed by atoms with E-state index < -0.39 is 0 Å². The third kappa shape index (κ3) is 4.72. The summed E-state index contributed by atoms with van der Waals surface area (Å²) >= 11 is 1.62. The summed E-state index contributed by atoms with van der Waals surface area (Å²) in [4.78, 5) is 13.7. The Morgan fingerprint density at radius 2 is 1.90 bits per heavy atom. The van der Waals surface area contributed by atoms with E-state index >= 15 is 0 Å². The molecule has 1 aliphatic heterocycles. The number of thiophene rings is 1. The van der Waals surface area contributed by atoms with Gasteiger partial charge in [-0.25, -0.2) is 14.4 Å². The van der Waals surface area contributed by atoms with Crippen molar-refractivity contribution < 1.29 is 13.9 Å². The molecule has 9 heteroatoms. The van der Waals surface area contributed by atoms with Crippen molar-refractivity contribution in [3.63, 3.8) is 0 Å². The zero-order chi connectivity index (χ0) is 27.9. The van der Waals surface area contributed by atoms with Gasteiger partial charge in [0.25, 0.3) is 0 Å². The van der Waals surface area contributed by atoms with E-state index in [2.05, 4.69) is 39.9 Å². The number of anilines is 1. The van der Waals surface area contributed by atoms with E-state index in [1.54, 1.807) is 24.5 Å². The van der Waals surface area contributed by atoms with Gasteiger partial charge >= 0.3 is 0 Å². The molecule has 7 rings (SSSR count). The van der Waals surface area contributed by atoms with Crippen molar-refractivity contribution in [2.24, 2.45) is 0 Å². The molecule has 0 bridgehead atoms. The number of nitrogen functional groups attached to an aromatic ring is 1. The molecule has 4 heterocycles. The Bertz CT molecular complexity index is 1910. The lowest BCUT2D eigenvalue weighted by atomic mass is 9.94. The lowest BCUT2D eigenvalue weighted by molar-refractivity contribution is 0.146. The van der Waals surface area contributed by atoms with Gasteiger partial charge in [-0.2, -0.15) is 0 Å². The number of imidazole rings is 1. The van der Waals surface area contributed by atoms with Crippen LogP contribution in [0.1, 0.15) is 11.1 Å². The summed E-state index contributed by atoms with van der Waals surface area (Å²) in [6.07, 6.45) is 0.976. The molecule has 0 spiro atoms. The summed E-state index contributed by atoms with van der Waals surface area (Å²) < 4.78 is 26.7. The van der Waals surface area contributed by atoms with Crippen LogP contribution < -0.4 is 15.8 Å². The fraction of sp³-hybridized carbons (Fsp3) is 0.188. The number of nitrogens with one attached hydrogen (secondary N) is 2. The minimum absolute atomic E-state index is 0.287. The summed E-state index contributed by atoms with van der Waals surface area (Å²) in [6.45, 7) is 2.50. The molecule has 0 saturated carbocycles. The van der Waals surface area contributed by atoms with Gasteiger partial charge in [-0.3, -0.25) is 0 Å². The highest BCUT2D eigenvalue weighted by Crippen LogP contribution is 2.46. The van der Waals surface area contributed by atoms with E-state index in [0.717, 1.165) is 63.0 Å². The Balaban J connectivity index is 1.50. The van der Waals surface area contributed by atoms with Crippen LogP contribution in [0.3, 0.4) is 0 Å². The number of hydrogen-bond donors (Lipinski definition) is 3. The van der Waals surface area contributed by atoms with Gasteiger partial charge in [0.1, 0.15) is 23.9 Å². The van der Waals surface area contributed by atoms with Crippen molar-refractivity contribution in [3.05, 3.63) is 83.0 Å². The standard InChI is InChI=1S/C32H28FN5O2S/c1-39-11-12-40-27-15-21(33)4-6-23(27)28-30(32-36-25-7-5-22(34)16-26(25)37-32)38-29(24-9-13-41-31(24)28)19-2-3-20-17-35-10-8-18(20)14-19/h2-7,9,13-16,35H,8,10-12,17,34H2,1H3,(H,36,37). The van der Waals surface area contributed by atoms with E-state index in [1.165, 1.54) is 23.3 Å². The monoisotopic (exact) mass is 565 g/mol. The first kappa shape index (κ1) is 25.6. The van der Waals surface area contributed by atoms with Crippen LogP contribution >= 0.6 is 11.3 Å². The second kappa shape index (κ2) is 10.6. The number of pyridine rings is 1. The fourth-order valence-electron chi connectivity index (χ4n) is 5.49. The van der Waals surface area contributed by atoms with Crippen molar-refractivity contribution in [1.29, 1.82) is 0 Å². The van der Waals surface area contributed by atoms with Crippen molar-refractivity contribution in [2.45, 2.75) is 13.0 Å². The maximum absolute atomic E-state index is 14.5. The number of aromatic amines is 1. The van der Waals surface area contributed by atoms with E-state index in [1.807, 2.05) is 18.2 Å². The highest BCUT2D eigenvalue weighted by Gasteiger charge is 2.24. The highest BCUT2D eigenvalue weighted by molar-refractivity contribution is 7.18. The van der Waals surface area contributed by atoms with Gasteiger partial charge < -0.3 is 25.5 Å². The minimum Gasteiger partial charge on any atom is -0.490 e. The molecule has 0 atom stereocenters. The number of methoxy groups -OCH3 is 1. The van der Waals surface area contributed by atoms with Gasteiger partial charge in [0.15, 0.2) is 5.82 Å². The smallest absolute Gasteiger partial charge is 0.157 e. The Morgan fingerprint density at radius 3 is 2.80 bits per heavy atom. The molecule has 41 heavy (non-hydrogen) atoms. The minimum atomic E-state index is -0.377. The van der Waals surface area contributed by atoms with Gasteiger partial charge in [-0.05, 0) is 71.9 Å². The van der Waals surface area contributed by atoms with Crippen LogP contribution in [0.25, 0.3) is 55.0 Å². The molecule has 4 N–H and O–H groups in total. The zero-order valence-electron chi connectivity index (χ0n) is 22.5. The molecular weight excluding hydrogens is 537 g/mol. The molecule has 3 aromatic carbocycles. The molecule has 0 unspecified atom stereocenters. The molecule has 206 valence electrons. The average Bonchev–Trinajstić information content (AvgIpc) is 3.64. The SMILES string of the molecule is COCCOc1cc(F)ccc1-c1c(-c2nc3ccc(N)cc3[nH]2)nc(-c2ccc3c(c2)CCNC3)c2ccsc12. The van der Waals surface area contributed by atoms with Crippen LogP contribution in [0, 0.1) is 5.82 Å². The van der Waals surface area contributed by atoms with Crippen LogP contribution in [0.5, 0.6) is 5.75 Å².